The molecule has 2 aromatic carbocycles. The van der Waals surface area contributed by atoms with Gasteiger partial charge in [-0.2, -0.15) is 0 Å². The van der Waals surface area contributed by atoms with Crippen molar-refractivity contribution in [2.24, 2.45) is 0 Å². The molecule has 1 aliphatic carbocycles. The van der Waals surface area contributed by atoms with Crippen molar-refractivity contribution in [3.8, 4) is 0 Å². The number of hydrogen-bond donors (Lipinski definition) is 1. The van der Waals surface area contributed by atoms with E-state index in [0.29, 0.717) is 5.02 Å². The van der Waals surface area contributed by atoms with Gasteiger partial charge in [0.15, 0.2) is 0 Å². The fourth-order valence-corrected chi connectivity index (χ4v) is 3.74. The quantitative estimate of drug-likeness (QED) is 0.891. The van der Waals surface area contributed by atoms with E-state index in [1.165, 1.54) is 5.69 Å². The normalized spacial score (nSPS) is 19.2. The van der Waals surface area contributed by atoms with Crippen LogP contribution < -0.4 is 10.2 Å². The molecule has 4 rings (SSSR count). The first-order valence-corrected chi connectivity index (χ1v) is 9.56. The lowest BCUT2D eigenvalue weighted by molar-refractivity contribution is -0.118. The molecule has 26 heavy (non-hydrogen) atoms. The van der Waals surface area contributed by atoms with Gasteiger partial charge in [0.05, 0.1) is 5.41 Å². The molecule has 1 N–H and O–H groups in total. The van der Waals surface area contributed by atoms with E-state index in [1.807, 2.05) is 36.4 Å². The van der Waals surface area contributed by atoms with Gasteiger partial charge in [0.1, 0.15) is 0 Å². The molecule has 1 amide bonds. The maximum atomic E-state index is 12.8. The molecule has 1 heterocycles. The van der Waals surface area contributed by atoms with Gasteiger partial charge < -0.3 is 15.1 Å². The zero-order valence-corrected chi connectivity index (χ0v) is 15.8. The third-order valence-corrected chi connectivity index (χ3v) is 5.83. The van der Waals surface area contributed by atoms with E-state index in [4.69, 9.17) is 11.6 Å². The maximum absolute atomic E-state index is 12.8. The summed E-state index contributed by atoms with van der Waals surface area (Å²) in [5.74, 6) is 0.0761. The predicted molar refractivity (Wildman–Crippen MR) is 107 cm³/mol. The average molecular weight is 370 g/mol. The molecule has 0 spiro atoms. The Balaban J connectivity index is 1.42. The van der Waals surface area contributed by atoms with Gasteiger partial charge in [-0.25, -0.2) is 0 Å². The number of rotatable bonds is 4. The van der Waals surface area contributed by atoms with Crippen LogP contribution in [-0.2, 0) is 10.2 Å². The molecule has 2 aliphatic rings. The minimum Gasteiger partial charge on any atom is -0.369 e. The Morgan fingerprint density at radius 2 is 1.58 bits per heavy atom. The fraction of sp³-hybridized carbons (Fsp3) is 0.381. The molecule has 0 aromatic heterocycles. The summed E-state index contributed by atoms with van der Waals surface area (Å²) in [6, 6.07) is 15.8. The van der Waals surface area contributed by atoms with Crippen LogP contribution in [0.2, 0.25) is 5.02 Å². The van der Waals surface area contributed by atoms with E-state index >= 15 is 0 Å². The summed E-state index contributed by atoms with van der Waals surface area (Å²) in [5.41, 5.74) is 2.73. The van der Waals surface area contributed by atoms with Crippen molar-refractivity contribution in [3.63, 3.8) is 0 Å². The summed E-state index contributed by atoms with van der Waals surface area (Å²) in [5, 5.41) is 3.79. The maximum Gasteiger partial charge on any atom is 0.235 e. The molecule has 1 saturated heterocycles. The smallest absolute Gasteiger partial charge is 0.235 e. The van der Waals surface area contributed by atoms with E-state index in [0.717, 1.165) is 50.3 Å². The number of carbonyl (C=O) groups is 1. The molecule has 0 atom stereocenters. The van der Waals surface area contributed by atoms with Crippen LogP contribution in [0.1, 0.15) is 18.4 Å². The van der Waals surface area contributed by atoms with Crippen LogP contribution in [-0.4, -0.2) is 44.0 Å². The largest absolute Gasteiger partial charge is 0.369 e. The molecular formula is C21H24ClN3O. The molecule has 1 aliphatic heterocycles. The number of hydrogen-bond acceptors (Lipinski definition) is 3. The highest BCUT2D eigenvalue weighted by Gasteiger charge is 2.51. The average Bonchev–Trinajstić information content (AvgIpc) is 3.46. The highest BCUT2D eigenvalue weighted by atomic mass is 35.5. The van der Waals surface area contributed by atoms with Crippen LogP contribution >= 0.6 is 11.6 Å². The number of amides is 1. The van der Waals surface area contributed by atoms with E-state index < -0.39 is 0 Å². The summed E-state index contributed by atoms with van der Waals surface area (Å²) in [6.07, 6.45) is 1.78. The number of benzene rings is 2. The highest BCUT2D eigenvalue weighted by Crippen LogP contribution is 2.49. The number of anilines is 2. The second kappa shape index (κ2) is 6.93. The van der Waals surface area contributed by atoms with Gasteiger partial charge in [0, 0.05) is 42.6 Å². The first-order valence-electron chi connectivity index (χ1n) is 9.18. The van der Waals surface area contributed by atoms with E-state index in [-0.39, 0.29) is 11.3 Å². The van der Waals surface area contributed by atoms with Gasteiger partial charge in [-0.15, -0.1) is 0 Å². The van der Waals surface area contributed by atoms with Gasteiger partial charge in [-0.3, -0.25) is 4.79 Å². The van der Waals surface area contributed by atoms with Crippen LogP contribution in [0.25, 0.3) is 0 Å². The van der Waals surface area contributed by atoms with E-state index in [2.05, 4.69) is 34.3 Å². The van der Waals surface area contributed by atoms with Gasteiger partial charge in [-0.05, 0) is 61.9 Å². The number of piperazine rings is 1. The SMILES string of the molecule is CN1CCN(c2ccc(NC(=O)C3(c4ccc(Cl)cc4)CC3)cc2)CC1. The van der Waals surface area contributed by atoms with E-state index in [1.54, 1.807) is 0 Å². The Bertz CT molecular complexity index is 776. The zero-order valence-electron chi connectivity index (χ0n) is 15.0. The highest BCUT2D eigenvalue weighted by molar-refractivity contribution is 6.30. The minimum absolute atomic E-state index is 0.0761. The van der Waals surface area contributed by atoms with Crippen molar-refractivity contribution in [1.82, 2.24) is 4.90 Å². The number of carbonyl (C=O) groups excluding carboxylic acids is 1. The van der Waals surface area contributed by atoms with Crippen molar-refractivity contribution >= 4 is 28.9 Å². The van der Waals surface area contributed by atoms with Crippen molar-refractivity contribution in [1.29, 1.82) is 0 Å². The first kappa shape index (κ1) is 17.4. The molecule has 2 fully saturated rings. The summed E-state index contributed by atoms with van der Waals surface area (Å²) < 4.78 is 0. The summed E-state index contributed by atoms with van der Waals surface area (Å²) >= 11 is 5.97. The molecule has 0 bridgehead atoms. The Morgan fingerprint density at radius 1 is 0.962 bits per heavy atom. The second-order valence-electron chi connectivity index (χ2n) is 7.38. The minimum atomic E-state index is -0.388. The molecule has 5 heteroatoms. The van der Waals surface area contributed by atoms with Crippen molar-refractivity contribution in [2.45, 2.75) is 18.3 Å². The van der Waals surface area contributed by atoms with Gasteiger partial charge in [-0.1, -0.05) is 23.7 Å². The summed E-state index contributed by atoms with van der Waals surface area (Å²) in [4.78, 5) is 17.6. The molecule has 0 radical (unpaired) electrons. The molecule has 1 saturated carbocycles. The summed E-state index contributed by atoms with van der Waals surface area (Å²) in [7, 11) is 2.16. The lowest BCUT2D eigenvalue weighted by atomic mass is 9.95. The molecule has 4 nitrogen and oxygen atoms in total. The van der Waals surface area contributed by atoms with Crippen LogP contribution in [0.5, 0.6) is 0 Å². The second-order valence-corrected chi connectivity index (χ2v) is 7.82. The fourth-order valence-electron chi connectivity index (χ4n) is 3.61. The number of halogens is 1. The van der Waals surface area contributed by atoms with Crippen molar-refractivity contribution in [2.75, 3.05) is 43.4 Å². The summed E-state index contributed by atoms with van der Waals surface area (Å²) in [6.45, 7) is 4.26. The van der Waals surface area contributed by atoms with Gasteiger partial charge in [0.2, 0.25) is 5.91 Å². The lowest BCUT2D eigenvalue weighted by Crippen LogP contribution is -2.44. The van der Waals surface area contributed by atoms with Crippen molar-refractivity contribution in [3.05, 3.63) is 59.1 Å². The third-order valence-electron chi connectivity index (χ3n) is 5.58. The van der Waals surface area contributed by atoms with Crippen LogP contribution in [0.15, 0.2) is 48.5 Å². The molecule has 136 valence electrons. The Kier molecular flexibility index (Phi) is 4.63. The van der Waals surface area contributed by atoms with Gasteiger partial charge >= 0.3 is 0 Å². The Labute approximate surface area is 159 Å². The van der Waals surface area contributed by atoms with E-state index in [9.17, 15) is 4.79 Å². The first-order chi connectivity index (χ1) is 12.6. The van der Waals surface area contributed by atoms with Gasteiger partial charge in [0.25, 0.3) is 0 Å². The van der Waals surface area contributed by atoms with Crippen LogP contribution in [0.4, 0.5) is 11.4 Å². The van der Waals surface area contributed by atoms with Crippen LogP contribution in [0, 0.1) is 0 Å². The third kappa shape index (κ3) is 3.44. The topological polar surface area (TPSA) is 35.6 Å². The van der Waals surface area contributed by atoms with Crippen molar-refractivity contribution < 1.29 is 4.79 Å². The number of likely N-dealkylation sites (N-methyl/N-ethyl adjacent to an activating group) is 1. The molecular weight excluding hydrogens is 346 g/mol. The standard InChI is InChI=1S/C21H24ClN3O/c1-24-12-14-25(15-13-24)19-8-6-18(7-9-19)23-20(26)21(10-11-21)16-2-4-17(22)5-3-16/h2-9H,10-15H2,1H3,(H,23,26). The molecule has 0 unspecified atom stereocenters. The monoisotopic (exact) mass is 369 g/mol. The predicted octanol–water partition coefficient (Wildman–Crippen LogP) is 3.76. The lowest BCUT2D eigenvalue weighted by Gasteiger charge is -2.34. The number of nitrogens with zero attached hydrogens (tertiary/aromatic N) is 2. The zero-order chi connectivity index (χ0) is 18.1. The number of nitrogens with one attached hydrogen (secondary N) is 1. The Hall–Kier alpha value is -2.04. The molecule has 2 aromatic rings. The van der Waals surface area contributed by atoms with Crippen LogP contribution in [0.3, 0.4) is 0 Å². The Morgan fingerprint density at radius 3 is 2.15 bits per heavy atom.